The van der Waals surface area contributed by atoms with Crippen molar-refractivity contribution in [2.45, 2.75) is 0 Å². The zero-order valence-corrected chi connectivity index (χ0v) is 13.6. The molecule has 0 atom stereocenters. The summed E-state index contributed by atoms with van der Waals surface area (Å²) in [6.45, 7) is 0. The number of furan rings is 1. The molecular weight excluding hydrogens is 333 g/mol. The van der Waals surface area contributed by atoms with Crippen LogP contribution < -0.4 is 5.32 Å². The van der Waals surface area contributed by atoms with E-state index >= 15 is 0 Å². The van der Waals surface area contributed by atoms with Gasteiger partial charge in [0.15, 0.2) is 11.6 Å². The van der Waals surface area contributed by atoms with Crippen LogP contribution in [0.1, 0.15) is 10.6 Å². The molecule has 0 saturated carbocycles. The maximum Gasteiger partial charge on any atom is 0.292 e. The lowest BCUT2D eigenvalue weighted by Gasteiger charge is -2.01. The summed E-state index contributed by atoms with van der Waals surface area (Å²) in [7, 11) is 0. The van der Waals surface area contributed by atoms with Gasteiger partial charge in [-0.05, 0) is 48.5 Å². The van der Waals surface area contributed by atoms with E-state index in [-0.39, 0.29) is 11.6 Å². The minimum atomic E-state index is -0.406. The van der Waals surface area contributed by atoms with Crippen molar-refractivity contribution >= 4 is 11.7 Å². The molecule has 0 fully saturated rings. The fraction of sp³-hybridized carbons (Fsp3) is 0. The van der Waals surface area contributed by atoms with Crippen LogP contribution in [-0.4, -0.2) is 15.7 Å². The minimum absolute atomic E-state index is 0.151. The van der Waals surface area contributed by atoms with E-state index in [4.69, 9.17) is 4.42 Å². The number of para-hydroxylation sites is 1. The molecule has 1 amide bonds. The standard InChI is InChI=1S/C20H14FN3O2/c21-15-8-6-14(7-9-15)17-10-11-18(26-17)20(25)22-19-12-13-24(23-19)16-4-2-1-3-5-16/h1-13H,(H,22,23,25). The molecule has 0 spiro atoms. The summed E-state index contributed by atoms with van der Waals surface area (Å²) in [5.41, 5.74) is 1.59. The zero-order valence-electron chi connectivity index (χ0n) is 13.6. The van der Waals surface area contributed by atoms with Gasteiger partial charge in [0.1, 0.15) is 11.6 Å². The monoisotopic (exact) mass is 347 g/mol. The third-order valence-electron chi connectivity index (χ3n) is 3.81. The number of hydrogen-bond acceptors (Lipinski definition) is 3. The number of benzene rings is 2. The van der Waals surface area contributed by atoms with Crippen molar-refractivity contribution in [2.24, 2.45) is 0 Å². The van der Waals surface area contributed by atoms with Crippen LogP contribution in [0.5, 0.6) is 0 Å². The number of nitrogens with zero attached hydrogens (tertiary/aromatic N) is 2. The maximum absolute atomic E-state index is 13.0. The fourth-order valence-corrected chi connectivity index (χ4v) is 2.52. The van der Waals surface area contributed by atoms with Gasteiger partial charge in [-0.15, -0.1) is 0 Å². The normalized spacial score (nSPS) is 10.7. The lowest BCUT2D eigenvalue weighted by atomic mass is 10.2. The number of carbonyl (C=O) groups is 1. The largest absolute Gasteiger partial charge is 0.451 e. The van der Waals surface area contributed by atoms with Crippen LogP contribution in [0.3, 0.4) is 0 Å². The number of carbonyl (C=O) groups excluding carboxylic acids is 1. The van der Waals surface area contributed by atoms with Gasteiger partial charge in [-0.2, -0.15) is 5.10 Å². The SMILES string of the molecule is O=C(Nc1ccn(-c2ccccc2)n1)c1ccc(-c2ccc(F)cc2)o1. The number of aromatic nitrogens is 2. The Bertz CT molecular complexity index is 1040. The molecule has 4 rings (SSSR count). The van der Waals surface area contributed by atoms with Crippen LogP contribution in [0.25, 0.3) is 17.0 Å². The van der Waals surface area contributed by atoms with Crippen LogP contribution in [0.2, 0.25) is 0 Å². The molecule has 2 aromatic carbocycles. The molecule has 2 heterocycles. The van der Waals surface area contributed by atoms with Gasteiger partial charge in [0.25, 0.3) is 5.91 Å². The van der Waals surface area contributed by atoms with Gasteiger partial charge in [-0.25, -0.2) is 9.07 Å². The summed E-state index contributed by atoms with van der Waals surface area (Å²) in [5.74, 6) is 0.325. The lowest BCUT2D eigenvalue weighted by Crippen LogP contribution is -2.11. The molecule has 0 bridgehead atoms. The molecule has 4 aromatic rings. The van der Waals surface area contributed by atoms with Crippen molar-refractivity contribution in [3.63, 3.8) is 0 Å². The third-order valence-corrected chi connectivity index (χ3v) is 3.81. The molecule has 5 nitrogen and oxygen atoms in total. The number of nitrogens with one attached hydrogen (secondary N) is 1. The van der Waals surface area contributed by atoms with Gasteiger partial charge < -0.3 is 9.73 Å². The molecule has 1 N–H and O–H groups in total. The molecule has 0 aliphatic carbocycles. The molecule has 0 radical (unpaired) electrons. The van der Waals surface area contributed by atoms with Crippen molar-refractivity contribution in [1.29, 1.82) is 0 Å². The van der Waals surface area contributed by atoms with Crippen molar-refractivity contribution < 1.29 is 13.6 Å². The Morgan fingerprint density at radius 3 is 2.50 bits per heavy atom. The first-order valence-electron chi connectivity index (χ1n) is 7.97. The predicted octanol–water partition coefficient (Wildman–Crippen LogP) is 4.52. The Morgan fingerprint density at radius 1 is 0.962 bits per heavy atom. The molecule has 0 aliphatic heterocycles. The number of halogens is 1. The Balaban J connectivity index is 1.49. The van der Waals surface area contributed by atoms with Crippen LogP contribution in [0, 0.1) is 5.82 Å². The molecular formula is C20H14FN3O2. The minimum Gasteiger partial charge on any atom is -0.451 e. The van der Waals surface area contributed by atoms with Crippen molar-refractivity contribution in [3.05, 3.63) is 90.6 Å². The maximum atomic E-state index is 13.0. The van der Waals surface area contributed by atoms with Crippen LogP contribution in [0.15, 0.2) is 83.4 Å². The van der Waals surface area contributed by atoms with Crippen LogP contribution >= 0.6 is 0 Å². The Kier molecular flexibility index (Phi) is 4.07. The average Bonchev–Trinajstić information content (AvgIpc) is 3.33. The van der Waals surface area contributed by atoms with E-state index < -0.39 is 5.91 Å². The third kappa shape index (κ3) is 3.25. The molecule has 0 aliphatic rings. The summed E-state index contributed by atoms with van der Waals surface area (Å²) in [4.78, 5) is 12.3. The predicted molar refractivity (Wildman–Crippen MR) is 95.6 cm³/mol. The summed E-state index contributed by atoms with van der Waals surface area (Å²) < 4.78 is 20.2. The molecule has 26 heavy (non-hydrogen) atoms. The van der Waals surface area contributed by atoms with Crippen molar-refractivity contribution in [2.75, 3.05) is 5.32 Å². The average molecular weight is 347 g/mol. The number of anilines is 1. The Hall–Kier alpha value is -3.67. The van der Waals surface area contributed by atoms with Crippen LogP contribution in [0.4, 0.5) is 10.2 Å². The van der Waals surface area contributed by atoms with Gasteiger partial charge in [0.05, 0.1) is 5.69 Å². The highest BCUT2D eigenvalue weighted by Crippen LogP contribution is 2.23. The second kappa shape index (κ2) is 6.68. The Morgan fingerprint density at radius 2 is 1.73 bits per heavy atom. The lowest BCUT2D eigenvalue weighted by molar-refractivity contribution is 0.0997. The summed E-state index contributed by atoms with van der Waals surface area (Å²) in [6.07, 6.45) is 1.76. The number of hydrogen-bond donors (Lipinski definition) is 1. The van der Waals surface area contributed by atoms with E-state index in [0.29, 0.717) is 17.1 Å². The quantitative estimate of drug-likeness (QED) is 0.590. The summed E-state index contributed by atoms with van der Waals surface area (Å²) >= 11 is 0. The zero-order chi connectivity index (χ0) is 17.9. The first kappa shape index (κ1) is 15.8. The first-order valence-corrected chi connectivity index (χ1v) is 7.97. The van der Waals surface area contributed by atoms with E-state index in [1.54, 1.807) is 41.2 Å². The van der Waals surface area contributed by atoms with E-state index in [0.717, 1.165) is 5.69 Å². The Labute approximate surface area is 148 Å². The van der Waals surface area contributed by atoms with Crippen LogP contribution in [-0.2, 0) is 0 Å². The smallest absolute Gasteiger partial charge is 0.292 e. The topological polar surface area (TPSA) is 60.1 Å². The highest BCUT2D eigenvalue weighted by Gasteiger charge is 2.14. The van der Waals surface area contributed by atoms with E-state index in [9.17, 15) is 9.18 Å². The van der Waals surface area contributed by atoms with Gasteiger partial charge >= 0.3 is 0 Å². The first-order chi connectivity index (χ1) is 12.7. The van der Waals surface area contributed by atoms with Gasteiger partial charge in [-0.1, -0.05) is 18.2 Å². The highest BCUT2D eigenvalue weighted by molar-refractivity contribution is 6.02. The molecule has 2 aromatic heterocycles. The summed E-state index contributed by atoms with van der Waals surface area (Å²) in [5, 5.41) is 7.02. The van der Waals surface area contributed by atoms with E-state index in [1.807, 2.05) is 30.3 Å². The van der Waals surface area contributed by atoms with Gasteiger partial charge in [0, 0.05) is 17.8 Å². The molecule has 6 heteroatoms. The van der Waals surface area contributed by atoms with Crippen molar-refractivity contribution in [3.8, 4) is 17.0 Å². The fourth-order valence-electron chi connectivity index (χ4n) is 2.52. The highest BCUT2D eigenvalue weighted by atomic mass is 19.1. The number of amides is 1. The van der Waals surface area contributed by atoms with Gasteiger partial charge in [0.2, 0.25) is 0 Å². The van der Waals surface area contributed by atoms with Crippen molar-refractivity contribution in [1.82, 2.24) is 9.78 Å². The van der Waals surface area contributed by atoms with Gasteiger partial charge in [-0.3, -0.25) is 4.79 Å². The second-order valence-electron chi connectivity index (χ2n) is 5.61. The van der Waals surface area contributed by atoms with E-state index in [1.165, 1.54) is 12.1 Å². The number of rotatable bonds is 4. The molecule has 128 valence electrons. The molecule has 0 saturated heterocycles. The molecule has 0 unspecified atom stereocenters. The summed E-state index contributed by atoms with van der Waals surface area (Å²) in [6, 6.07) is 20.4. The second-order valence-corrected chi connectivity index (χ2v) is 5.61. The van der Waals surface area contributed by atoms with E-state index in [2.05, 4.69) is 10.4 Å².